The van der Waals surface area contributed by atoms with Crippen molar-refractivity contribution in [2.24, 2.45) is 5.92 Å². The normalized spacial score (nSPS) is 15.8. The van der Waals surface area contributed by atoms with Gasteiger partial charge in [0.2, 0.25) is 11.8 Å². The largest absolute Gasteiger partial charge is 0.457 e. The molecule has 0 aromatic heterocycles. The molecule has 1 saturated heterocycles. The van der Waals surface area contributed by atoms with Gasteiger partial charge in [0.25, 0.3) is 0 Å². The highest BCUT2D eigenvalue weighted by atomic mass is 35.5. The first-order valence-electron chi connectivity index (χ1n) is 10.1. The van der Waals surface area contributed by atoms with Crippen molar-refractivity contribution in [3.63, 3.8) is 0 Å². The number of carbonyl (C=O) groups excluding carboxylic acids is 2. The zero-order chi connectivity index (χ0) is 22.0. The average molecular weight is 435 g/mol. The molecule has 1 N–H and O–H groups in total. The minimum absolute atomic E-state index is 0.0323. The van der Waals surface area contributed by atoms with E-state index in [1.54, 1.807) is 53.4 Å². The van der Waals surface area contributed by atoms with Crippen LogP contribution < -0.4 is 15.0 Å². The molecule has 1 heterocycles. The van der Waals surface area contributed by atoms with Gasteiger partial charge in [-0.05, 0) is 85.6 Å². The highest BCUT2D eigenvalue weighted by Gasteiger charge is 2.35. The molecule has 0 spiro atoms. The minimum atomic E-state index is -0.390. The number of nitrogens with zero attached hydrogens (tertiary/aromatic N) is 1. The molecular weight excluding hydrogens is 412 g/mol. The molecule has 3 aromatic carbocycles. The summed E-state index contributed by atoms with van der Waals surface area (Å²) < 4.78 is 5.77. The maximum absolute atomic E-state index is 12.7. The van der Waals surface area contributed by atoms with E-state index >= 15 is 0 Å². The van der Waals surface area contributed by atoms with E-state index in [1.807, 2.05) is 32.0 Å². The Bertz CT molecular complexity index is 1110. The average Bonchev–Trinajstić information content (AvgIpc) is 3.15. The summed E-state index contributed by atoms with van der Waals surface area (Å²) in [6.45, 7) is 4.43. The van der Waals surface area contributed by atoms with Crippen LogP contribution in [0.5, 0.6) is 11.5 Å². The number of benzene rings is 3. The Kier molecular flexibility index (Phi) is 5.96. The second-order valence-electron chi connectivity index (χ2n) is 7.74. The lowest BCUT2D eigenvalue weighted by Gasteiger charge is -2.18. The fourth-order valence-electron chi connectivity index (χ4n) is 3.52. The number of rotatable bonds is 5. The summed E-state index contributed by atoms with van der Waals surface area (Å²) in [4.78, 5) is 26.9. The standard InChI is InChI=1S/C25H23ClN2O3/c1-16-3-8-21(13-17(16)2)28-15-18(14-24(28)29)25(30)27-20-6-11-23(12-7-20)31-22-9-4-19(26)5-10-22/h3-13,18H,14-15H2,1-2H3,(H,27,30)/t18-/m1/s1. The molecule has 1 fully saturated rings. The third-order valence-electron chi connectivity index (χ3n) is 5.47. The quantitative estimate of drug-likeness (QED) is 0.557. The summed E-state index contributed by atoms with van der Waals surface area (Å²) in [5, 5.41) is 3.55. The van der Waals surface area contributed by atoms with Crippen LogP contribution in [0.1, 0.15) is 17.5 Å². The van der Waals surface area contributed by atoms with E-state index in [0.717, 1.165) is 11.3 Å². The van der Waals surface area contributed by atoms with Crippen molar-refractivity contribution >= 4 is 34.8 Å². The highest BCUT2D eigenvalue weighted by molar-refractivity contribution is 6.30. The van der Waals surface area contributed by atoms with Gasteiger partial charge in [-0.1, -0.05) is 17.7 Å². The fraction of sp³-hybridized carbons (Fsp3) is 0.200. The second-order valence-corrected chi connectivity index (χ2v) is 8.18. The van der Waals surface area contributed by atoms with Gasteiger partial charge in [0.1, 0.15) is 11.5 Å². The summed E-state index contributed by atoms with van der Waals surface area (Å²) in [5.74, 6) is 0.745. The summed E-state index contributed by atoms with van der Waals surface area (Å²) in [6, 6.07) is 20.1. The first-order valence-corrected chi connectivity index (χ1v) is 10.5. The number of hydrogen-bond acceptors (Lipinski definition) is 3. The van der Waals surface area contributed by atoms with Gasteiger partial charge in [-0.2, -0.15) is 0 Å². The number of amides is 2. The molecule has 31 heavy (non-hydrogen) atoms. The predicted octanol–water partition coefficient (Wildman–Crippen LogP) is 5.74. The Balaban J connectivity index is 1.37. The Morgan fingerprint density at radius 3 is 2.26 bits per heavy atom. The summed E-state index contributed by atoms with van der Waals surface area (Å²) >= 11 is 5.88. The molecule has 4 rings (SSSR count). The number of anilines is 2. The highest BCUT2D eigenvalue weighted by Crippen LogP contribution is 2.28. The molecule has 1 atom stereocenters. The van der Waals surface area contributed by atoms with Gasteiger partial charge in [0, 0.05) is 29.4 Å². The van der Waals surface area contributed by atoms with Crippen molar-refractivity contribution in [3.05, 3.63) is 82.9 Å². The maximum Gasteiger partial charge on any atom is 0.229 e. The summed E-state index contributed by atoms with van der Waals surface area (Å²) in [5.41, 5.74) is 3.80. The molecule has 5 nitrogen and oxygen atoms in total. The summed E-state index contributed by atoms with van der Waals surface area (Å²) in [6.07, 6.45) is 0.205. The van der Waals surface area contributed by atoms with Gasteiger partial charge < -0.3 is 15.0 Å². The Labute approximate surface area is 186 Å². The van der Waals surface area contributed by atoms with E-state index < -0.39 is 0 Å². The third kappa shape index (κ3) is 4.89. The molecule has 0 saturated carbocycles. The van der Waals surface area contributed by atoms with Gasteiger partial charge in [0.05, 0.1) is 5.92 Å². The van der Waals surface area contributed by atoms with Crippen LogP contribution in [-0.2, 0) is 9.59 Å². The van der Waals surface area contributed by atoms with Crippen LogP contribution in [0.2, 0.25) is 5.02 Å². The predicted molar refractivity (Wildman–Crippen MR) is 123 cm³/mol. The second kappa shape index (κ2) is 8.82. The van der Waals surface area contributed by atoms with Crippen LogP contribution >= 0.6 is 11.6 Å². The smallest absolute Gasteiger partial charge is 0.229 e. The van der Waals surface area contributed by atoms with E-state index in [9.17, 15) is 9.59 Å². The molecule has 0 unspecified atom stereocenters. The number of nitrogens with one attached hydrogen (secondary N) is 1. The van der Waals surface area contributed by atoms with Crippen molar-refractivity contribution in [1.29, 1.82) is 0 Å². The molecule has 0 radical (unpaired) electrons. The molecule has 6 heteroatoms. The number of carbonyl (C=O) groups is 2. The van der Waals surface area contributed by atoms with Gasteiger partial charge >= 0.3 is 0 Å². The zero-order valence-electron chi connectivity index (χ0n) is 17.4. The third-order valence-corrected chi connectivity index (χ3v) is 5.72. The zero-order valence-corrected chi connectivity index (χ0v) is 18.1. The van der Waals surface area contributed by atoms with Crippen molar-refractivity contribution in [1.82, 2.24) is 0 Å². The van der Waals surface area contributed by atoms with Crippen LogP contribution in [0.3, 0.4) is 0 Å². The van der Waals surface area contributed by atoms with Crippen molar-refractivity contribution in [2.75, 3.05) is 16.8 Å². The summed E-state index contributed by atoms with van der Waals surface area (Å²) in [7, 11) is 0. The molecule has 1 aliphatic heterocycles. The van der Waals surface area contributed by atoms with Gasteiger partial charge in [-0.15, -0.1) is 0 Å². The molecule has 3 aromatic rings. The van der Waals surface area contributed by atoms with Crippen molar-refractivity contribution in [2.45, 2.75) is 20.3 Å². The molecule has 2 amide bonds. The Morgan fingerprint density at radius 1 is 0.968 bits per heavy atom. The van der Waals surface area contributed by atoms with Crippen molar-refractivity contribution < 1.29 is 14.3 Å². The molecule has 0 bridgehead atoms. The maximum atomic E-state index is 12.7. The fourth-order valence-corrected chi connectivity index (χ4v) is 3.64. The van der Waals surface area contributed by atoms with E-state index in [1.165, 1.54) is 5.56 Å². The van der Waals surface area contributed by atoms with Crippen LogP contribution in [0.4, 0.5) is 11.4 Å². The lowest BCUT2D eigenvalue weighted by atomic mass is 10.1. The van der Waals surface area contributed by atoms with E-state index in [2.05, 4.69) is 5.32 Å². The first-order chi connectivity index (χ1) is 14.9. The van der Waals surface area contributed by atoms with E-state index in [-0.39, 0.29) is 24.2 Å². The first kappa shape index (κ1) is 20.9. The number of halogens is 1. The Morgan fingerprint density at radius 2 is 1.61 bits per heavy atom. The number of ether oxygens (including phenoxy) is 1. The van der Waals surface area contributed by atoms with Gasteiger partial charge in [0.15, 0.2) is 0 Å². The van der Waals surface area contributed by atoms with Crippen LogP contribution in [0, 0.1) is 19.8 Å². The van der Waals surface area contributed by atoms with Gasteiger partial charge in [-0.25, -0.2) is 0 Å². The topological polar surface area (TPSA) is 58.6 Å². The van der Waals surface area contributed by atoms with E-state index in [0.29, 0.717) is 28.8 Å². The van der Waals surface area contributed by atoms with Crippen LogP contribution in [0.25, 0.3) is 0 Å². The van der Waals surface area contributed by atoms with Crippen molar-refractivity contribution in [3.8, 4) is 11.5 Å². The molecule has 1 aliphatic rings. The monoisotopic (exact) mass is 434 g/mol. The number of hydrogen-bond donors (Lipinski definition) is 1. The lowest BCUT2D eigenvalue weighted by molar-refractivity contribution is -0.122. The van der Waals surface area contributed by atoms with Crippen LogP contribution in [-0.4, -0.2) is 18.4 Å². The number of aryl methyl sites for hydroxylation is 2. The lowest BCUT2D eigenvalue weighted by Crippen LogP contribution is -2.28. The molecular formula is C25H23ClN2O3. The van der Waals surface area contributed by atoms with Crippen LogP contribution in [0.15, 0.2) is 66.7 Å². The molecule has 0 aliphatic carbocycles. The SMILES string of the molecule is Cc1ccc(N2C[C@H](C(=O)Nc3ccc(Oc4ccc(Cl)cc4)cc3)CC2=O)cc1C. The Hall–Kier alpha value is -3.31. The van der Waals surface area contributed by atoms with E-state index in [4.69, 9.17) is 16.3 Å². The minimum Gasteiger partial charge on any atom is -0.457 e. The molecule has 158 valence electrons. The van der Waals surface area contributed by atoms with Gasteiger partial charge in [-0.3, -0.25) is 9.59 Å².